The van der Waals surface area contributed by atoms with Crippen LogP contribution >= 0.6 is 0 Å². The molecule has 0 saturated heterocycles. The van der Waals surface area contributed by atoms with E-state index < -0.39 is 0 Å². The van der Waals surface area contributed by atoms with Gasteiger partial charge in [0.15, 0.2) is 0 Å². The smallest absolute Gasteiger partial charge is 0.00400 e. The van der Waals surface area contributed by atoms with Gasteiger partial charge in [-0.1, -0.05) is 64.5 Å². The molecule has 1 nitrogen and oxygen atoms in total. The Balaban J connectivity index is 3.07. The lowest BCUT2D eigenvalue weighted by molar-refractivity contribution is 0.511. The Morgan fingerprint density at radius 3 is 2.06 bits per heavy atom. The SMILES string of the molecule is C=C(CCN)CCCCCCCCC(C)C. The summed E-state index contributed by atoms with van der Waals surface area (Å²) in [6, 6.07) is 0. The summed E-state index contributed by atoms with van der Waals surface area (Å²) < 4.78 is 0. The van der Waals surface area contributed by atoms with E-state index in [-0.39, 0.29) is 0 Å². The summed E-state index contributed by atoms with van der Waals surface area (Å²) in [6.45, 7) is 9.41. The maximum absolute atomic E-state index is 5.48. The number of rotatable bonds is 11. The van der Waals surface area contributed by atoms with Gasteiger partial charge in [-0.15, -0.1) is 0 Å². The molecule has 0 fully saturated rings. The molecule has 0 aliphatic rings. The summed E-state index contributed by atoms with van der Waals surface area (Å²) in [6.07, 6.45) is 11.9. The van der Waals surface area contributed by atoms with Gasteiger partial charge in [-0.05, 0) is 31.7 Å². The monoisotopic (exact) mass is 225 g/mol. The molecule has 0 aromatic heterocycles. The van der Waals surface area contributed by atoms with Crippen molar-refractivity contribution in [1.82, 2.24) is 0 Å². The molecule has 0 atom stereocenters. The van der Waals surface area contributed by atoms with E-state index in [1.807, 2.05) is 0 Å². The molecule has 0 amide bonds. The molecule has 2 N–H and O–H groups in total. The molecule has 0 aliphatic carbocycles. The normalized spacial score (nSPS) is 11.0. The lowest BCUT2D eigenvalue weighted by atomic mass is 10.0. The van der Waals surface area contributed by atoms with Gasteiger partial charge in [0.1, 0.15) is 0 Å². The first-order valence-electron chi connectivity index (χ1n) is 7.03. The molecule has 16 heavy (non-hydrogen) atoms. The average molecular weight is 225 g/mol. The van der Waals surface area contributed by atoms with Crippen LogP contribution in [0.5, 0.6) is 0 Å². The third-order valence-corrected chi connectivity index (χ3v) is 3.06. The zero-order valence-electron chi connectivity index (χ0n) is 11.4. The van der Waals surface area contributed by atoms with Crippen LogP contribution in [0.1, 0.15) is 71.6 Å². The van der Waals surface area contributed by atoms with E-state index in [0.29, 0.717) is 0 Å². The Labute approximate surface area is 102 Å². The lowest BCUT2D eigenvalue weighted by Crippen LogP contribution is -1.99. The molecule has 0 rings (SSSR count). The van der Waals surface area contributed by atoms with Crippen molar-refractivity contribution in [1.29, 1.82) is 0 Å². The summed E-state index contributed by atoms with van der Waals surface area (Å²) >= 11 is 0. The van der Waals surface area contributed by atoms with Crippen LogP contribution in [0.3, 0.4) is 0 Å². The number of hydrogen-bond donors (Lipinski definition) is 1. The Kier molecular flexibility index (Phi) is 11.0. The molecule has 0 aromatic carbocycles. The third kappa shape index (κ3) is 11.8. The van der Waals surface area contributed by atoms with Gasteiger partial charge < -0.3 is 5.73 Å². The molecule has 96 valence electrons. The maximum atomic E-state index is 5.48. The molecule has 0 spiro atoms. The van der Waals surface area contributed by atoms with Crippen molar-refractivity contribution in [2.24, 2.45) is 11.7 Å². The largest absolute Gasteiger partial charge is 0.330 e. The Bertz CT molecular complexity index is 161. The van der Waals surface area contributed by atoms with Crippen LogP contribution in [0.4, 0.5) is 0 Å². The van der Waals surface area contributed by atoms with Gasteiger partial charge in [-0.25, -0.2) is 0 Å². The molecular formula is C15H31N. The molecule has 0 heterocycles. The van der Waals surface area contributed by atoms with E-state index in [4.69, 9.17) is 5.73 Å². The second kappa shape index (κ2) is 11.2. The Morgan fingerprint density at radius 2 is 1.50 bits per heavy atom. The van der Waals surface area contributed by atoms with Gasteiger partial charge in [-0.2, -0.15) is 0 Å². The third-order valence-electron chi connectivity index (χ3n) is 3.06. The van der Waals surface area contributed by atoms with Crippen LogP contribution < -0.4 is 5.73 Å². The highest BCUT2D eigenvalue weighted by molar-refractivity contribution is 4.93. The van der Waals surface area contributed by atoms with E-state index >= 15 is 0 Å². The van der Waals surface area contributed by atoms with E-state index in [9.17, 15) is 0 Å². The highest BCUT2D eigenvalue weighted by atomic mass is 14.5. The van der Waals surface area contributed by atoms with Crippen molar-refractivity contribution in [3.05, 3.63) is 12.2 Å². The van der Waals surface area contributed by atoms with E-state index in [2.05, 4.69) is 20.4 Å². The van der Waals surface area contributed by atoms with E-state index in [1.54, 1.807) is 0 Å². The van der Waals surface area contributed by atoms with Crippen molar-refractivity contribution in [3.63, 3.8) is 0 Å². The van der Waals surface area contributed by atoms with Crippen molar-refractivity contribution in [2.45, 2.75) is 71.6 Å². The first-order chi connectivity index (χ1) is 7.66. The van der Waals surface area contributed by atoms with Gasteiger partial charge in [-0.3, -0.25) is 0 Å². The molecule has 0 radical (unpaired) electrons. The van der Waals surface area contributed by atoms with E-state index in [0.717, 1.165) is 18.9 Å². The predicted octanol–water partition coefficient (Wildman–Crippen LogP) is 4.67. The fourth-order valence-corrected chi connectivity index (χ4v) is 1.96. The second-order valence-electron chi connectivity index (χ2n) is 5.34. The Morgan fingerprint density at radius 1 is 0.938 bits per heavy atom. The Hall–Kier alpha value is -0.300. The van der Waals surface area contributed by atoms with Gasteiger partial charge in [0, 0.05) is 0 Å². The average Bonchev–Trinajstić information content (AvgIpc) is 2.22. The number of hydrogen-bond acceptors (Lipinski definition) is 1. The van der Waals surface area contributed by atoms with E-state index in [1.165, 1.54) is 56.9 Å². The van der Waals surface area contributed by atoms with Crippen molar-refractivity contribution in [3.8, 4) is 0 Å². The fraction of sp³-hybridized carbons (Fsp3) is 0.867. The molecule has 0 bridgehead atoms. The minimum absolute atomic E-state index is 0.758. The quantitative estimate of drug-likeness (QED) is 0.401. The zero-order valence-corrected chi connectivity index (χ0v) is 11.4. The van der Waals surface area contributed by atoms with Crippen LogP contribution in [0.2, 0.25) is 0 Å². The van der Waals surface area contributed by atoms with Crippen LogP contribution in [-0.2, 0) is 0 Å². The summed E-state index contributed by atoms with van der Waals surface area (Å²) in [4.78, 5) is 0. The number of unbranched alkanes of at least 4 members (excludes halogenated alkanes) is 5. The van der Waals surface area contributed by atoms with Crippen LogP contribution in [0, 0.1) is 5.92 Å². The number of nitrogens with two attached hydrogens (primary N) is 1. The molecule has 0 aliphatic heterocycles. The highest BCUT2D eigenvalue weighted by Crippen LogP contribution is 2.14. The van der Waals surface area contributed by atoms with Crippen molar-refractivity contribution >= 4 is 0 Å². The molecule has 0 saturated carbocycles. The standard InChI is InChI=1S/C15H31N/c1-14(2)10-8-6-4-5-7-9-11-15(3)12-13-16/h14H,3-13,16H2,1-2H3. The minimum atomic E-state index is 0.758. The topological polar surface area (TPSA) is 26.0 Å². The first-order valence-corrected chi connectivity index (χ1v) is 7.03. The predicted molar refractivity (Wildman–Crippen MR) is 74.6 cm³/mol. The summed E-state index contributed by atoms with van der Waals surface area (Å²) in [5.41, 5.74) is 6.81. The summed E-state index contributed by atoms with van der Waals surface area (Å²) in [7, 11) is 0. The van der Waals surface area contributed by atoms with Crippen LogP contribution in [-0.4, -0.2) is 6.54 Å². The van der Waals surface area contributed by atoms with Crippen LogP contribution in [0.15, 0.2) is 12.2 Å². The highest BCUT2D eigenvalue weighted by Gasteiger charge is 1.96. The van der Waals surface area contributed by atoms with Crippen molar-refractivity contribution in [2.75, 3.05) is 6.54 Å². The summed E-state index contributed by atoms with van der Waals surface area (Å²) in [5, 5.41) is 0. The molecule has 0 unspecified atom stereocenters. The van der Waals surface area contributed by atoms with Gasteiger partial charge in [0.25, 0.3) is 0 Å². The van der Waals surface area contributed by atoms with Crippen molar-refractivity contribution < 1.29 is 0 Å². The van der Waals surface area contributed by atoms with Gasteiger partial charge >= 0.3 is 0 Å². The first kappa shape index (κ1) is 15.7. The molecule has 1 heteroatoms. The van der Waals surface area contributed by atoms with Gasteiger partial charge in [0.2, 0.25) is 0 Å². The fourth-order valence-electron chi connectivity index (χ4n) is 1.96. The lowest BCUT2D eigenvalue weighted by Gasteiger charge is -2.05. The zero-order chi connectivity index (χ0) is 12.2. The maximum Gasteiger partial charge on any atom is -0.00400 e. The second-order valence-corrected chi connectivity index (χ2v) is 5.34. The van der Waals surface area contributed by atoms with Crippen LogP contribution in [0.25, 0.3) is 0 Å². The minimum Gasteiger partial charge on any atom is -0.330 e. The molecular weight excluding hydrogens is 194 g/mol. The van der Waals surface area contributed by atoms with Gasteiger partial charge in [0.05, 0.1) is 0 Å². The summed E-state index contributed by atoms with van der Waals surface area (Å²) in [5.74, 6) is 0.875. The molecule has 0 aromatic rings.